The van der Waals surface area contributed by atoms with Crippen molar-refractivity contribution in [3.8, 4) is 11.8 Å². The maximum Gasteiger partial charge on any atom is 0.0759 e. The zero-order valence-corrected chi connectivity index (χ0v) is 6.25. The molecule has 11 heavy (non-hydrogen) atoms. The van der Waals surface area contributed by atoms with E-state index in [9.17, 15) is 0 Å². The summed E-state index contributed by atoms with van der Waals surface area (Å²) in [4.78, 5) is 0. The second kappa shape index (κ2) is 3.97. The van der Waals surface area contributed by atoms with Gasteiger partial charge in [0.15, 0.2) is 0 Å². The van der Waals surface area contributed by atoms with Crippen molar-refractivity contribution in [3.63, 3.8) is 0 Å². The monoisotopic (exact) mass is 149 g/mol. The lowest BCUT2D eigenvalue weighted by Gasteiger charge is -2.05. The Balaban J connectivity index is 2.56. The van der Waals surface area contributed by atoms with Crippen molar-refractivity contribution >= 4 is 0 Å². The van der Waals surface area contributed by atoms with Crippen LogP contribution in [0.1, 0.15) is 6.42 Å². The fraction of sp³-hybridized carbons (Fsp3) is 0.333. The van der Waals surface area contributed by atoms with Crippen LogP contribution >= 0.6 is 0 Å². The summed E-state index contributed by atoms with van der Waals surface area (Å²) in [6.07, 6.45) is 5.79. The predicted molar refractivity (Wildman–Crippen MR) is 44.7 cm³/mol. The highest BCUT2D eigenvalue weighted by molar-refractivity contribution is 5.40. The number of aliphatic hydroxyl groups excluding tert-OH is 1. The van der Waals surface area contributed by atoms with Crippen molar-refractivity contribution in [2.75, 3.05) is 6.54 Å². The van der Waals surface area contributed by atoms with E-state index in [-0.39, 0.29) is 6.10 Å². The molecule has 0 bridgehead atoms. The molecule has 0 aromatic carbocycles. The standard InChI is InChI=1S/C9H11NO/c10-7-1-2-8-3-5-9(11)6-4-8/h3-5,9,11H,6-7,10H2. The first-order valence-electron chi connectivity index (χ1n) is 3.58. The zero-order chi connectivity index (χ0) is 8.10. The smallest absolute Gasteiger partial charge is 0.0759 e. The van der Waals surface area contributed by atoms with Crippen LogP contribution in [0.5, 0.6) is 0 Å². The summed E-state index contributed by atoms with van der Waals surface area (Å²) in [5.41, 5.74) is 6.14. The summed E-state index contributed by atoms with van der Waals surface area (Å²) in [6, 6.07) is 0. The summed E-state index contributed by atoms with van der Waals surface area (Å²) >= 11 is 0. The first-order chi connectivity index (χ1) is 5.33. The van der Waals surface area contributed by atoms with Gasteiger partial charge in [-0.25, -0.2) is 0 Å². The van der Waals surface area contributed by atoms with E-state index in [4.69, 9.17) is 10.8 Å². The molecule has 0 fully saturated rings. The number of rotatable bonds is 0. The molecule has 0 amide bonds. The summed E-state index contributed by atoms with van der Waals surface area (Å²) in [6.45, 7) is 0.383. The van der Waals surface area contributed by atoms with Crippen LogP contribution in [0.4, 0.5) is 0 Å². The SMILES string of the molecule is NCC#CC1=CCC(O)C=C1. The van der Waals surface area contributed by atoms with Gasteiger partial charge in [-0.2, -0.15) is 0 Å². The topological polar surface area (TPSA) is 46.2 Å². The Bertz CT molecular complexity index is 242. The lowest BCUT2D eigenvalue weighted by Crippen LogP contribution is -2.03. The van der Waals surface area contributed by atoms with Crippen molar-refractivity contribution in [1.82, 2.24) is 0 Å². The molecular weight excluding hydrogens is 138 g/mol. The van der Waals surface area contributed by atoms with Crippen LogP contribution in [-0.2, 0) is 0 Å². The Hall–Kier alpha value is -1.04. The van der Waals surface area contributed by atoms with Crippen molar-refractivity contribution < 1.29 is 5.11 Å². The molecule has 1 rings (SSSR count). The van der Waals surface area contributed by atoms with E-state index < -0.39 is 0 Å². The molecule has 0 aromatic rings. The first-order valence-corrected chi connectivity index (χ1v) is 3.58. The average molecular weight is 149 g/mol. The van der Waals surface area contributed by atoms with Gasteiger partial charge in [-0.3, -0.25) is 0 Å². The second-order valence-electron chi connectivity index (χ2n) is 2.33. The number of hydrogen-bond donors (Lipinski definition) is 2. The van der Waals surface area contributed by atoms with E-state index in [1.54, 1.807) is 6.08 Å². The molecule has 1 aliphatic rings. The van der Waals surface area contributed by atoms with Crippen LogP contribution in [0.3, 0.4) is 0 Å². The minimum Gasteiger partial charge on any atom is -0.389 e. The molecular formula is C9H11NO. The van der Waals surface area contributed by atoms with Crippen LogP contribution in [0.15, 0.2) is 23.8 Å². The molecule has 0 radical (unpaired) electrons. The predicted octanol–water partition coefficient (Wildman–Crippen LogP) is 0.196. The van der Waals surface area contributed by atoms with E-state index in [1.165, 1.54) is 0 Å². The normalized spacial score (nSPS) is 22.0. The lowest BCUT2D eigenvalue weighted by atomic mass is 10.1. The number of nitrogens with two attached hydrogens (primary N) is 1. The largest absolute Gasteiger partial charge is 0.389 e. The Labute approximate surface area is 66.4 Å². The fourth-order valence-electron chi connectivity index (χ4n) is 0.855. The van der Waals surface area contributed by atoms with Gasteiger partial charge in [0.1, 0.15) is 0 Å². The highest BCUT2D eigenvalue weighted by Crippen LogP contribution is 2.08. The van der Waals surface area contributed by atoms with E-state index in [0.29, 0.717) is 13.0 Å². The molecule has 0 heterocycles. The molecule has 0 saturated heterocycles. The first kappa shape index (κ1) is 8.06. The van der Waals surface area contributed by atoms with Gasteiger partial charge in [-0.15, -0.1) is 0 Å². The van der Waals surface area contributed by atoms with Gasteiger partial charge in [0.05, 0.1) is 12.6 Å². The maximum absolute atomic E-state index is 9.05. The molecule has 0 spiro atoms. The van der Waals surface area contributed by atoms with Gasteiger partial charge in [0, 0.05) is 5.57 Å². The number of aliphatic hydroxyl groups is 1. The van der Waals surface area contributed by atoms with Gasteiger partial charge >= 0.3 is 0 Å². The van der Waals surface area contributed by atoms with Gasteiger partial charge in [0.2, 0.25) is 0 Å². The molecule has 2 heteroatoms. The Morgan fingerprint density at radius 3 is 3.09 bits per heavy atom. The fourth-order valence-corrected chi connectivity index (χ4v) is 0.855. The molecule has 1 aliphatic carbocycles. The van der Waals surface area contributed by atoms with Crippen molar-refractivity contribution in [1.29, 1.82) is 0 Å². The Kier molecular flexibility index (Phi) is 2.91. The van der Waals surface area contributed by atoms with Crippen molar-refractivity contribution in [3.05, 3.63) is 23.8 Å². The third kappa shape index (κ3) is 2.58. The molecule has 3 N–H and O–H groups in total. The summed E-state index contributed by atoms with van der Waals surface area (Å²) in [5.74, 6) is 5.64. The van der Waals surface area contributed by atoms with Crippen molar-refractivity contribution in [2.24, 2.45) is 5.73 Å². The highest BCUT2D eigenvalue weighted by Gasteiger charge is 2.01. The van der Waals surface area contributed by atoms with Gasteiger partial charge in [-0.1, -0.05) is 24.0 Å². The van der Waals surface area contributed by atoms with Crippen molar-refractivity contribution in [2.45, 2.75) is 12.5 Å². The number of allylic oxidation sites excluding steroid dienone is 2. The molecule has 58 valence electrons. The Morgan fingerprint density at radius 1 is 1.73 bits per heavy atom. The Morgan fingerprint density at radius 2 is 2.55 bits per heavy atom. The second-order valence-corrected chi connectivity index (χ2v) is 2.33. The number of hydrogen-bond acceptors (Lipinski definition) is 2. The van der Waals surface area contributed by atoms with Crippen LogP contribution < -0.4 is 5.73 Å². The maximum atomic E-state index is 9.05. The van der Waals surface area contributed by atoms with E-state index in [0.717, 1.165) is 5.57 Å². The van der Waals surface area contributed by atoms with E-state index in [1.807, 2.05) is 12.2 Å². The van der Waals surface area contributed by atoms with Gasteiger partial charge < -0.3 is 10.8 Å². The third-order valence-electron chi connectivity index (χ3n) is 1.41. The van der Waals surface area contributed by atoms with Crippen LogP contribution in [0.25, 0.3) is 0 Å². The molecule has 0 saturated carbocycles. The van der Waals surface area contributed by atoms with Gasteiger partial charge in [-0.05, 0) is 12.5 Å². The van der Waals surface area contributed by atoms with Gasteiger partial charge in [0.25, 0.3) is 0 Å². The quantitative estimate of drug-likeness (QED) is 0.483. The molecule has 2 nitrogen and oxygen atoms in total. The lowest BCUT2D eigenvalue weighted by molar-refractivity contribution is 0.225. The molecule has 0 aliphatic heterocycles. The highest BCUT2D eigenvalue weighted by atomic mass is 16.3. The molecule has 0 aromatic heterocycles. The summed E-state index contributed by atoms with van der Waals surface area (Å²) in [7, 11) is 0. The van der Waals surface area contributed by atoms with E-state index >= 15 is 0 Å². The van der Waals surface area contributed by atoms with E-state index in [2.05, 4.69) is 11.8 Å². The van der Waals surface area contributed by atoms with Crippen LogP contribution in [-0.4, -0.2) is 17.8 Å². The minimum atomic E-state index is -0.335. The third-order valence-corrected chi connectivity index (χ3v) is 1.41. The molecule has 1 atom stereocenters. The summed E-state index contributed by atoms with van der Waals surface area (Å²) in [5, 5.41) is 9.05. The minimum absolute atomic E-state index is 0.335. The van der Waals surface area contributed by atoms with Crippen LogP contribution in [0.2, 0.25) is 0 Å². The average Bonchev–Trinajstić information content (AvgIpc) is 2.04. The van der Waals surface area contributed by atoms with Crippen LogP contribution in [0, 0.1) is 11.8 Å². The molecule has 1 unspecified atom stereocenters. The zero-order valence-electron chi connectivity index (χ0n) is 6.25. The summed E-state index contributed by atoms with van der Waals surface area (Å²) < 4.78 is 0.